The van der Waals surface area contributed by atoms with Crippen LogP contribution in [0.4, 0.5) is 5.69 Å². The van der Waals surface area contributed by atoms with Crippen LogP contribution in [0.1, 0.15) is 50.4 Å². The fraction of sp³-hybridized carbons (Fsp3) is 0.433. The van der Waals surface area contributed by atoms with Gasteiger partial charge in [0.25, 0.3) is 0 Å². The summed E-state index contributed by atoms with van der Waals surface area (Å²) in [5.41, 5.74) is 4.52. The minimum Gasteiger partial charge on any atom is -0.467 e. The summed E-state index contributed by atoms with van der Waals surface area (Å²) in [5.74, 6) is -0.683. The number of esters is 1. The average Bonchev–Trinajstić information content (AvgIpc) is 3.34. The zero-order valence-electron chi connectivity index (χ0n) is 22.3. The monoisotopic (exact) mass is 502 g/mol. The second-order valence-electron chi connectivity index (χ2n) is 10.9. The molecule has 1 N–H and O–H groups in total. The molecule has 1 saturated heterocycles. The minimum atomic E-state index is -0.763. The number of nitrogens with zero attached hydrogens (tertiary/aromatic N) is 3. The number of rotatable bonds is 8. The van der Waals surface area contributed by atoms with Crippen LogP contribution in [0.5, 0.6) is 0 Å². The molecule has 2 heterocycles. The fourth-order valence-electron chi connectivity index (χ4n) is 4.80. The van der Waals surface area contributed by atoms with Gasteiger partial charge in [0.2, 0.25) is 5.91 Å². The Bertz CT molecular complexity index is 1170. The molecule has 0 bridgehead atoms. The molecule has 1 amide bonds. The van der Waals surface area contributed by atoms with Crippen LogP contribution >= 0.6 is 0 Å². The third-order valence-electron chi connectivity index (χ3n) is 7.07. The van der Waals surface area contributed by atoms with Crippen molar-refractivity contribution in [3.63, 3.8) is 0 Å². The van der Waals surface area contributed by atoms with Crippen LogP contribution in [0.3, 0.4) is 0 Å². The van der Waals surface area contributed by atoms with Gasteiger partial charge in [-0.3, -0.25) is 4.79 Å². The van der Waals surface area contributed by atoms with Crippen molar-refractivity contribution in [2.24, 2.45) is 5.92 Å². The molecule has 2 aromatic carbocycles. The highest BCUT2D eigenvalue weighted by Crippen LogP contribution is 2.27. The Balaban J connectivity index is 1.32. The number of carbonyl (C=O) groups excluding carboxylic acids is 2. The summed E-state index contributed by atoms with van der Waals surface area (Å²) in [4.78, 5) is 32.4. The zero-order chi connectivity index (χ0) is 26.4. The summed E-state index contributed by atoms with van der Waals surface area (Å²) < 4.78 is 6.96. The van der Waals surface area contributed by atoms with E-state index in [4.69, 9.17) is 4.74 Å². The topological polar surface area (TPSA) is 76.5 Å². The van der Waals surface area contributed by atoms with E-state index >= 15 is 0 Å². The Kier molecular flexibility index (Phi) is 8.31. The molecule has 1 aliphatic rings. The summed E-state index contributed by atoms with van der Waals surface area (Å²) in [7, 11) is 1.35. The van der Waals surface area contributed by atoms with Crippen LogP contribution in [-0.4, -0.2) is 47.7 Å². The average molecular weight is 503 g/mol. The Hall–Kier alpha value is -3.61. The molecule has 1 aromatic heterocycles. The summed E-state index contributed by atoms with van der Waals surface area (Å²) in [6, 6.07) is 18.1. The first-order chi connectivity index (χ1) is 17.7. The minimum absolute atomic E-state index is 0.0955. The maximum Gasteiger partial charge on any atom is 0.328 e. The number of benzene rings is 2. The largest absolute Gasteiger partial charge is 0.467 e. The lowest BCUT2D eigenvalue weighted by molar-refractivity contribution is -0.145. The van der Waals surface area contributed by atoms with Crippen molar-refractivity contribution in [3.8, 4) is 0 Å². The standard InChI is InChI=1S/C30H38N4O3/c1-30(2,3)24-10-12-26(13-11-24)34-16-14-23(15-17-34)28(35)32-27(29(36)37-4)18-25-20-33(21-31-25)19-22-8-6-5-7-9-22/h5-13,20-21,23,27H,14-19H2,1-4H3,(H,32,35). The van der Waals surface area contributed by atoms with Crippen molar-refractivity contribution in [2.45, 2.75) is 58.0 Å². The highest BCUT2D eigenvalue weighted by atomic mass is 16.5. The van der Waals surface area contributed by atoms with Gasteiger partial charge in [0.15, 0.2) is 0 Å². The van der Waals surface area contributed by atoms with E-state index in [9.17, 15) is 9.59 Å². The van der Waals surface area contributed by atoms with Crippen molar-refractivity contribution < 1.29 is 14.3 Å². The van der Waals surface area contributed by atoms with E-state index in [-0.39, 0.29) is 17.2 Å². The van der Waals surface area contributed by atoms with E-state index in [2.05, 4.69) is 72.4 Å². The number of amides is 1. The molecule has 7 nitrogen and oxygen atoms in total. The molecule has 0 aliphatic carbocycles. The van der Waals surface area contributed by atoms with Gasteiger partial charge in [-0.1, -0.05) is 63.2 Å². The van der Waals surface area contributed by atoms with Crippen LogP contribution in [0.2, 0.25) is 0 Å². The quantitative estimate of drug-likeness (QED) is 0.464. The van der Waals surface area contributed by atoms with Crippen molar-refractivity contribution >= 4 is 17.6 Å². The number of nitrogens with one attached hydrogen (secondary N) is 1. The van der Waals surface area contributed by atoms with E-state index in [0.29, 0.717) is 13.0 Å². The molecule has 1 fully saturated rings. The lowest BCUT2D eigenvalue weighted by atomic mass is 9.87. The third-order valence-corrected chi connectivity index (χ3v) is 7.07. The molecule has 1 atom stereocenters. The number of piperidine rings is 1. The zero-order valence-corrected chi connectivity index (χ0v) is 22.3. The number of aromatic nitrogens is 2. The molecular weight excluding hydrogens is 464 g/mol. The summed E-state index contributed by atoms with van der Waals surface area (Å²) in [6.45, 7) is 8.94. The van der Waals surface area contributed by atoms with Gasteiger partial charge in [0.1, 0.15) is 6.04 Å². The molecular formula is C30H38N4O3. The van der Waals surface area contributed by atoms with Gasteiger partial charge < -0.3 is 19.5 Å². The molecule has 0 spiro atoms. The SMILES string of the molecule is COC(=O)C(Cc1cn(Cc2ccccc2)cn1)NC(=O)C1CCN(c2ccc(C(C)(C)C)cc2)CC1. The van der Waals surface area contributed by atoms with Crippen LogP contribution in [0.15, 0.2) is 67.1 Å². The first-order valence-corrected chi connectivity index (χ1v) is 13.0. The van der Waals surface area contributed by atoms with E-state index in [1.165, 1.54) is 23.9 Å². The molecule has 1 unspecified atom stereocenters. The normalized spacial score (nSPS) is 15.3. The number of ether oxygens (including phenoxy) is 1. The summed E-state index contributed by atoms with van der Waals surface area (Å²) in [5, 5.41) is 2.94. The molecule has 196 valence electrons. The summed E-state index contributed by atoms with van der Waals surface area (Å²) >= 11 is 0. The third kappa shape index (κ3) is 7.00. The highest BCUT2D eigenvalue weighted by Gasteiger charge is 2.30. The van der Waals surface area contributed by atoms with Crippen LogP contribution < -0.4 is 10.2 Å². The Morgan fingerprint density at radius 2 is 1.73 bits per heavy atom. The lowest BCUT2D eigenvalue weighted by Gasteiger charge is -2.34. The molecule has 4 rings (SSSR count). The van der Waals surface area contributed by atoms with Gasteiger partial charge in [0.05, 0.1) is 19.1 Å². The van der Waals surface area contributed by atoms with Crippen molar-refractivity contribution in [3.05, 3.63) is 83.9 Å². The van der Waals surface area contributed by atoms with Crippen LogP contribution in [0, 0.1) is 5.92 Å². The maximum atomic E-state index is 13.1. The predicted molar refractivity (Wildman–Crippen MR) is 146 cm³/mol. The molecule has 0 radical (unpaired) electrons. The number of hydrogen-bond acceptors (Lipinski definition) is 5. The predicted octanol–water partition coefficient (Wildman–Crippen LogP) is 4.35. The maximum absolute atomic E-state index is 13.1. The van der Waals surface area contributed by atoms with Gasteiger partial charge in [-0.2, -0.15) is 0 Å². The number of imidazole rings is 1. The first kappa shape index (κ1) is 26.5. The number of carbonyl (C=O) groups is 2. The summed E-state index contributed by atoms with van der Waals surface area (Å²) in [6.07, 6.45) is 5.44. The van der Waals surface area contributed by atoms with Crippen LogP contribution in [-0.2, 0) is 32.7 Å². The van der Waals surface area contributed by atoms with Gasteiger partial charge >= 0.3 is 5.97 Å². The van der Waals surface area contributed by atoms with Gasteiger partial charge in [-0.05, 0) is 41.5 Å². The van der Waals surface area contributed by atoms with Crippen molar-refractivity contribution in [1.82, 2.24) is 14.9 Å². The molecule has 1 aliphatic heterocycles. The fourth-order valence-corrected chi connectivity index (χ4v) is 4.80. The van der Waals surface area contributed by atoms with Crippen molar-refractivity contribution in [2.75, 3.05) is 25.1 Å². The Labute approximate surface area is 219 Å². The second kappa shape index (κ2) is 11.6. The van der Waals surface area contributed by atoms with Gasteiger partial charge in [-0.15, -0.1) is 0 Å². The molecule has 37 heavy (non-hydrogen) atoms. The van der Waals surface area contributed by atoms with Crippen LogP contribution in [0.25, 0.3) is 0 Å². The smallest absolute Gasteiger partial charge is 0.328 e. The van der Waals surface area contributed by atoms with Gasteiger partial charge in [-0.25, -0.2) is 9.78 Å². The van der Waals surface area contributed by atoms with Crippen molar-refractivity contribution in [1.29, 1.82) is 0 Å². The van der Waals surface area contributed by atoms with E-state index in [0.717, 1.165) is 31.6 Å². The number of methoxy groups -OCH3 is 1. The first-order valence-electron chi connectivity index (χ1n) is 13.0. The van der Waals surface area contributed by atoms with E-state index < -0.39 is 12.0 Å². The number of hydrogen-bond donors (Lipinski definition) is 1. The highest BCUT2D eigenvalue weighted by molar-refractivity contribution is 5.86. The number of anilines is 1. The second-order valence-corrected chi connectivity index (χ2v) is 10.9. The molecule has 3 aromatic rings. The Morgan fingerprint density at radius 1 is 1.05 bits per heavy atom. The van der Waals surface area contributed by atoms with Gasteiger partial charge in [0, 0.05) is 43.9 Å². The van der Waals surface area contributed by atoms with E-state index in [1.54, 1.807) is 6.33 Å². The lowest BCUT2D eigenvalue weighted by Crippen LogP contribution is -2.48. The Morgan fingerprint density at radius 3 is 2.35 bits per heavy atom. The van der Waals surface area contributed by atoms with E-state index in [1.807, 2.05) is 29.0 Å². The molecule has 0 saturated carbocycles. The molecule has 7 heteroatoms.